The van der Waals surface area contributed by atoms with E-state index in [2.05, 4.69) is 121 Å². The highest BCUT2D eigenvalue weighted by atomic mass is 32.2. The van der Waals surface area contributed by atoms with Crippen LogP contribution in [0, 0.1) is 0 Å². The minimum Gasteiger partial charge on any atom is -0.361 e. The molecular formula is C33H33FN2S2. The highest BCUT2D eigenvalue weighted by Crippen LogP contribution is 2.39. The third-order valence-corrected chi connectivity index (χ3v) is 7.74. The maximum atomic E-state index is 9.50. The number of hydrogen-bond donors (Lipinski definition) is 1. The third-order valence-electron chi connectivity index (χ3n) is 5.47. The quantitative estimate of drug-likeness (QED) is 0.300. The molecule has 38 heavy (non-hydrogen) atoms. The smallest absolute Gasteiger partial charge is 0.0785 e. The molecule has 3 aromatic rings. The average Bonchev–Trinajstić information content (AvgIpc) is 2.96. The molecule has 0 unspecified atom stereocenters. The van der Waals surface area contributed by atoms with Gasteiger partial charge in [-0.25, -0.2) is 0 Å². The number of thioether (sulfide) groups is 1. The van der Waals surface area contributed by atoms with Gasteiger partial charge in [0.05, 0.1) is 18.6 Å². The van der Waals surface area contributed by atoms with Crippen molar-refractivity contribution in [2.24, 2.45) is 0 Å². The number of likely N-dealkylation sites (N-methyl/N-ethyl adjacent to an activating group) is 1. The van der Waals surface area contributed by atoms with E-state index in [9.17, 15) is 4.39 Å². The van der Waals surface area contributed by atoms with Crippen LogP contribution in [-0.4, -0.2) is 14.2 Å². The fourth-order valence-corrected chi connectivity index (χ4v) is 5.61. The normalized spacial score (nSPS) is 16.1. The maximum Gasteiger partial charge on any atom is 0.0785 e. The molecular weight excluding hydrogens is 508 g/mol. The molecule has 3 aromatic carbocycles. The van der Waals surface area contributed by atoms with Crippen molar-refractivity contribution in [3.05, 3.63) is 150 Å². The number of halogens is 1. The zero-order chi connectivity index (χ0) is 27.2. The van der Waals surface area contributed by atoms with Crippen molar-refractivity contribution in [3.63, 3.8) is 0 Å². The summed E-state index contributed by atoms with van der Waals surface area (Å²) >= 11 is 3.49. The standard InChI is InChI=1S/C32H30N2S2.CH3F/c1-4-15-26(34(3)29-19-11-13-22-32(29)35-27-16-7-5-8-17-27)24-25(2)30-20-9-6-14-23-33-28-18-10-12-21-31(28)36-30;1-2/h4-24,33H,2H2,1,3H3;1H3/b9-6-,15-4-,23-14+,26-24+,30-20+;. The molecule has 0 bridgehead atoms. The van der Waals surface area contributed by atoms with Gasteiger partial charge in [-0.1, -0.05) is 90.8 Å². The second-order valence-electron chi connectivity index (χ2n) is 8.05. The van der Waals surface area contributed by atoms with Crippen molar-refractivity contribution in [1.29, 1.82) is 0 Å². The van der Waals surface area contributed by atoms with E-state index in [0.717, 1.165) is 32.4 Å². The van der Waals surface area contributed by atoms with Crippen molar-refractivity contribution < 1.29 is 4.39 Å². The molecule has 1 aliphatic rings. The summed E-state index contributed by atoms with van der Waals surface area (Å²) in [6.45, 7) is 6.51. The number of para-hydroxylation sites is 2. The van der Waals surface area contributed by atoms with Gasteiger partial charge in [0, 0.05) is 38.5 Å². The van der Waals surface area contributed by atoms with E-state index in [0.29, 0.717) is 7.18 Å². The fourth-order valence-electron chi connectivity index (χ4n) is 3.65. The number of anilines is 2. The van der Waals surface area contributed by atoms with Crippen LogP contribution in [0.25, 0.3) is 0 Å². The van der Waals surface area contributed by atoms with Gasteiger partial charge >= 0.3 is 0 Å². The van der Waals surface area contributed by atoms with Gasteiger partial charge in [-0.2, -0.15) is 0 Å². The Labute approximate surface area is 235 Å². The summed E-state index contributed by atoms with van der Waals surface area (Å²) in [5, 5.41) is 3.37. The second-order valence-corrected chi connectivity index (χ2v) is 10.3. The zero-order valence-corrected chi connectivity index (χ0v) is 23.6. The lowest BCUT2D eigenvalue weighted by Crippen LogP contribution is -2.16. The number of fused-ring (bicyclic) bond motifs is 1. The van der Waals surface area contributed by atoms with Gasteiger partial charge in [-0.05, 0) is 73.2 Å². The first-order valence-electron chi connectivity index (χ1n) is 12.2. The van der Waals surface area contributed by atoms with E-state index >= 15 is 0 Å². The van der Waals surface area contributed by atoms with Crippen LogP contribution in [0.15, 0.2) is 165 Å². The summed E-state index contributed by atoms with van der Waals surface area (Å²) in [5.74, 6) is 0. The molecule has 0 aromatic heterocycles. The summed E-state index contributed by atoms with van der Waals surface area (Å²) in [6.07, 6.45) is 16.5. The van der Waals surface area contributed by atoms with Crippen LogP contribution >= 0.6 is 23.5 Å². The molecule has 194 valence electrons. The molecule has 4 rings (SSSR count). The van der Waals surface area contributed by atoms with Gasteiger partial charge in [-0.15, -0.1) is 0 Å². The molecule has 0 amide bonds. The van der Waals surface area contributed by atoms with Gasteiger partial charge < -0.3 is 10.2 Å². The Bertz CT molecular complexity index is 1350. The van der Waals surface area contributed by atoms with E-state index in [-0.39, 0.29) is 0 Å². The summed E-state index contributed by atoms with van der Waals surface area (Å²) in [6, 6.07) is 27.3. The number of allylic oxidation sites excluding steroid dienone is 8. The number of benzene rings is 3. The topological polar surface area (TPSA) is 15.3 Å². The van der Waals surface area contributed by atoms with E-state index in [4.69, 9.17) is 0 Å². The summed E-state index contributed by atoms with van der Waals surface area (Å²) < 4.78 is 9.50. The Hall–Kier alpha value is -3.67. The van der Waals surface area contributed by atoms with Crippen LogP contribution < -0.4 is 10.2 Å². The van der Waals surface area contributed by atoms with Crippen molar-refractivity contribution in [3.8, 4) is 0 Å². The Kier molecular flexibility index (Phi) is 11.8. The first kappa shape index (κ1) is 28.9. The first-order chi connectivity index (χ1) is 18.7. The van der Waals surface area contributed by atoms with Crippen molar-refractivity contribution >= 4 is 34.9 Å². The van der Waals surface area contributed by atoms with Crippen molar-refractivity contribution in [2.45, 2.75) is 21.6 Å². The monoisotopic (exact) mass is 540 g/mol. The Morgan fingerprint density at radius 2 is 1.63 bits per heavy atom. The molecule has 0 atom stereocenters. The van der Waals surface area contributed by atoms with Crippen molar-refractivity contribution in [1.82, 2.24) is 0 Å². The Morgan fingerprint density at radius 3 is 2.42 bits per heavy atom. The predicted molar refractivity (Wildman–Crippen MR) is 167 cm³/mol. The number of hydrogen-bond acceptors (Lipinski definition) is 4. The molecule has 1 aliphatic heterocycles. The Balaban J connectivity index is 0.00000195. The minimum absolute atomic E-state index is 0.500. The lowest BCUT2D eigenvalue weighted by molar-refractivity contribution is 0.636. The Morgan fingerprint density at radius 1 is 0.921 bits per heavy atom. The SMILES string of the molecule is C=C(/C=C(\C=C/C)N(C)c1ccccc1Sc1ccccc1)\C1=C/C=C\C=C\Nc2ccccc2S1.CF. The number of nitrogens with zero attached hydrogens (tertiary/aromatic N) is 1. The molecule has 0 saturated heterocycles. The molecule has 0 saturated carbocycles. The number of rotatable bonds is 7. The van der Waals surface area contributed by atoms with Gasteiger partial charge in [-0.3, -0.25) is 4.39 Å². The lowest BCUT2D eigenvalue weighted by atomic mass is 10.2. The first-order valence-corrected chi connectivity index (χ1v) is 13.8. The van der Waals surface area contributed by atoms with Crippen LogP contribution in [0.5, 0.6) is 0 Å². The number of nitrogens with one attached hydrogen (secondary N) is 1. The van der Waals surface area contributed by atoms with E-state index < -0.39 is 0 Å². The summed E-state index contributed by atoms with van der Waals surface area (Å²) in [5.41, 5.74) is 4.25. The second kappa shape index (κ2) is 15.6. The zero-order valence-electron chi connectivity index (χ0n) is 22.0. The molecule has 0 fully saturated rings. The van der Waals surface area contributed by atoms with Gasteiger partial charge in [0.2, 0.25) is 0 Å². The third kappa shape index (κ3) is 8.17. The lowest BCUT2D eigenvalue weighted by Gasteiger charge is -2.24. The van der Waals surface area contributed by atoms with Crippen LogP contribution in [0.2, 0.25) is 0 Å². The minimum atomic E-state index is 0.500. The highest BCUT2D eigenvalue weighted by Gasteiger charge is 2.13. The fraction of sp³-hybridized carbons (Fsp3) is 0.0909. The van der Waals surface area contributed by atoms with Crippen LogP contribution in [0.4, 0.5) is 15.8 Å². The van der Waals surface area contributed by atoms with Crippen LogP contribution in [0.3, 0.4) is 0 Å². The molecule has 1 heterocycles. The van der Waals surface area contributed by atoms with E-state index in [1.807, 2.05) is 37.4 Å². The molecule has 0 radical (unpaired) electrons. The summed E-state index contributed by atoms with van der Waals surface area (Å²) in [4.78, 5) is 6.90. The molecule has 0 spiro atoms. The molecule has 1 N–H and O–H groups in total. The van der Waals surface area contributed by atoms with Crippen molar-refractivity contribution in [2.75, 3.05) is 24.4 Å². The molecule has 0 aliphatic carbocycles. The molecule has 2 nitrogen and oxygen atoms in total. The summed E-state index contributed by atoms with van der Waals surface area (Å²) in [7, 11) is 2.61. The van der Waals surface area contributed by atoms with Gasteiger partial charge in [0.15, 0.2) is 0 Å². The average molecular weight is 541 g/mol. The van der Waals surface area contributed by atoms with Gasteiger partial charge in [0.25, 0.3) is 0 Å². The highest BCUT2D eigenvalue weighted by molar-refractivity contribution is 8.03. The molecule has 5 heteroatoms. The van der Waals surface area contributed by atoms with E-state index in [1.165, 1.54) is 9.79 Å². The van der Waals surface area contributed by atoms with Crippen LogP contribution in [0.1, 0.15) is 6.92 Å². The predicted octanol–water partition coefficient (Wildman–Crippen LogP) is 10.0. The largest absolute Gasteiger partial charge is 0.361 e. The van der Waals surface area contributed by atoms with Gasteiger partial charge in [0.1, 0.15) is 0 Å². The van der Waals surface area contributed by atoms with E-state index in [1.54, 1.807) is 23.5 Å². The number of alkyl halides is 1. The van der Waals surface area contributed by atoms with Crippen LogP contribution in [-0.2, 0) is 0 Å². The maximum absolute atomic E-state index is 9.50.